The summed E-state index contributed by atoms with van der Waals surface area (Å²) in [6.07, 6.45) is -0.654. The van der Waals surface area contributed by atoms with Crippen molar-refractivity contribution in [1.29, 1.82) is 0 Å². The highest BCUT2D eigenvalue weighted by Gasteiger charge is 2.52. The molecule has 1 amide bonds. The van der Waals surface area contributed by atoms with Gasteiger partial charge in [-0.05, 0) is 11.1 Å². The second-order valence-electron chi connectivity index (χ2n) is 6.34. The maximum atomic E-state index is 12.9. The quantitative estimate of drug-likeness (QED) is 0.585. The molecule has 0 bridgehead atoms. The lowest BCUT2D eigenvalue weighted by Crippen LogP contribution is -2.68. The van der Waals surface area contributed by atoms with Crippen molar-refractivity contribution in [2.75, 3.05) is 5.75 Å². The number of carbonyl (C=O) groups is 2. The van der Waals surface area contributed by atoms with Crippen molar-refractivity contribution in [3.05, 3.63) is 83.2 Å². The number of benzene rings is 2. The average molecular weight is 419 g/mol. The van der Waals surface area contributed by atoms with Gasteiger partial charge in [-0.2, -0.15) is 0 Å². The van der Waals surface area contributed by atoms with Crippen molar-refractivity contribution in [2.24, 2.45) is 5.73 Å². The number of ether oxygens (including phenoxy) is 1. The summed E-state index contributed by atoms with van der Waals surface area (Å²) in [5, 5.41) is 9.90. The third-order valence-electron chi connectivity index (χ3n) is 4.61. The summed E-state index contributed by atoms with van der Waals surface area (Å²) >= 11 is 1.33. The number of aliphatic hydroxyl groups excluding tert-OH is 1. The van der Waals surface area contributed by atoms with Gasteiger partial charge in [0, 0.05) is 0 Å². The molecule has 0 saturated carbocycles. The van der Waals surface area contributed by atoms with Gasteiger partial charge in [-0.3, -0.25) is 9.69 Å². The largest absolute Gasteiger partial charge is 0.509 e. The molecule has 0 spiro atoms. The van der Waals surface area contributed by atoms with Crippen molar-refractivity contribution in [3.63, 3.8) is 0 Å². The van der Waals surface area contributed by atoms with Gasteiger partial charge in [-0.25, -0.2) is 4.79 Å². The lowest BCUT2D eigenvalue weighted by Gasteiger charge is -2.47. The first kappa shape index (κ1) is 20.3. The molecule has 2 aliphatic heterocycles. The van der Waals surface area contributed by atoms with Gasteiger partial charge in [0.15, 0.2) is 11.8 Å². The Kier molecular flexibility index (Phi) is 5.98. The minimum Gasteiger partial charge on any atom is -0.509 e. The van der Waals surface area contributed by atoms with Crippen molar-refractivity contribution < 1.29 is 19.4 Å². The molecule has 28 heavy (non-hydrogen) atoms. The molecule has 146 valence electrons. The number of hydrogen-bond acceptors (Lipinski definition) is 6. The third-order valence-corrected chi connectivity index (χ3v) is 5.90. The Bertz CT molecular complexity index is 867. The zero-order valence-electron chi connectivity index (χ0n) is 14.7. The SMILES string of the molecule is Cl.NC1C(=O)N2C(C(=O)OC(c3ccccc3)c3ccccc3)=C(O)CS[C@H]12. The van der Waals surface area contributed by atoms with Crippen LogP contribution in [-0.4, -0.2) is 39.1 Å². The predicted octanol–water partition coefficient (Wildman–Crippen LogP) is 2.75. The molecular formula is C20H19ClN2O4S. The topological polar surface area (TPSA) is 92.9 Å². The van der Waals surface area contributed by atoms with Crippen LogP contribution in [0.1, 0.15) is 17.2 Å². The Morgan fingerprint density at radius 1 is 1.11 bits per heavy atom. The van der Waals surface area contributed by atoms with E-state index < -0.39 is 18.1 Å². The summed E-state index contributed by atoms with van der Waals surface area (Å²) in [4.78, 5) is 26.3. The number of amides is 1. The van der Waals surface area contributed by atoms with Gasteiger partial charge in [-0.15, -0.1) is 24.2 Å². The van der Waals surface area contributed by atoms with E-state index in [2.05, 4.69) is 0 Å². The Hall–Kier alpha value is -2.48. The number of fused-ring (bicyclic) bond motifs is 1. The summed E-state index contributed by atoms with van der Waals surface area (Å²) in [7, 11) is 0. The molecule has 2 aliphatic rings. The lowest BCUT2D eigenvalue weighted by atomic mass is 10.0. The molecular weight excluding hydrogens is 400 g/mol. The number of thioether (sulfide) groups is 1. The Balaban J connectivity index is 0.00000225. The fraction of sp³-hybridized carbons (Fsp3) is 0.200. The molecule has 0 radical (unpaired) electrons. The van der Waals surface area contributed by atoms with Crippen molar-refractivity contribution in [1.82, 2.24) is 4.90 Å². The normalized spacial score (nSPS) is 20.9. The van der Waals surface area contributed by atoms with Crippen molar-refractivity contribution in [3.8, 4) is 0 Å². The summed E-state index contributed by atoms with van der Waals surface area (Å²) in [5.41, 5.74) is 7.28. The van der Waals surface area contributed by atoms with Gasteiger partial charge < -0.3 is 15.6 Å². The van der Waals surface area contributed by atoms with Crippen LogP contribution < -0.4 is 5.73 Å². The maximum Gasteiger partial charge on any atom is 0.359 e. The number of hydrogen-bond donors (Lipinski definition) is 2. The van der Waals surface area contributed by atoms with E-state index in [-0.39, 0.29) is 40.9 Å². The summed E-state index contributed by atoms with van der Waals surface area (Å²) in [6, 6.07) is 18.0. The van der Waals surface area contributed by atoms with E-state index in [0.29, 0.717) is 0 Å². The fourth-order valence-corrected chi connectivity index (χ4v) is 4.38. The fourth-order valence-electron chi connectivity index (χ4n) is 3.24. The van der Waals surface area contributed by atoms with Crippen LogP contribution in [0.15, 0.2) is 72.1 Å². The van der Waals surface area contributed by atoms with E-state index in [1.807, 2.05) is 60.7 Å². The Labute approximate surface area is 172 Å². The molecule has 3 N–H and O–H groups in total. The highest BCUT2D eigenvalue weighted by molar-refractivity contribution is 8.00. The smallest absolute Gasteiger partial charge is 0.359 e. The van der Waals surface area contributed by atoms with Crippen LogP contribution in [0, 0.1) is 0 Å². The van der Waals surface area contributed by atoms with E-state index >= 15 is 0 Å². The van der Waals surface area contributed by atoms with Gasteiger partial charge in [0.25, 0.3) is 0 Å². The monoisotopic (exact) mass is 418 g/mol. The van der Waals surface area contributed by atoms with Crippen LogP contribution in [0.5, 0.6) is 0 Å². The van der Waals surface area contributed by atoms with E-state index in [9.17, 15) is 14.7 Å². The number of β-lactam (4-membered cyclic amide) rings is 1. The first-order chi connectivity index (χ1) is 13.1. The second kappa shape index (κ2) is 8.26. The molecule has 0 aliphatic carbocycles. The summed E-state index contributed by atoms with van der Waals surface area (Å²) in [6.45, 7) is 0. The van der Waals surface area contributed by atoms with Crippen LogP contribution >= 0.6 is 24.2 Å². The molecule has 1 saturated heterocycles. The van der Waals surface area contributed by atoms with Crippen molar-refractivity contribution >= 4 is 36.0 Å². The molecule has 2 aromatic rings. The summed E-state index contributed by atoms with van der Waals surface area (Å²) < 4.78 is 5.77. The predicted molar refractivity (Wildman–Crippen MR) is 109 cm³/mol. The molecule has 6 nitrogen and oxygen atoms in total. The van der Waals surface area contributed by atoms with E-state index in [1.165, 1.54) is 16.7 Å². The minimum atomic E-state index is -0.740. The zero-order valence-corrected chi connectivity index (χ0v) is 16.4. The number of nitrogens with zero attached hydrogens (tertiary/aromatic N) is 1. The first-order valence-electron chi connectivity index (χ1n) is 8.51. The van der Waals surface area contributed by atoms with Gasteiger partial charge in [0.2, 0.25) is 5.91 Å². The molecule has 1 fully saturated rings. The zero-order chi connectivity index (χ0) is 19.0. The maximum absolute atomic E-state index is 12.9. The van der Waals surface area contributed by atoms with Crippen LogP contribution in [0.3, 0.4) is 0 Å². The molecule has 1 unspecified atom stereocenters. The van der Waals surface area contributed by atoms with E-state index in [1.54, 1.807) is 0 Å². The number of halogens is 1. The number of esters is 1. The Morgan fingerprint density at radius 3 is 2.18 bits per heavy atom. The number of carbonyl (C=O) groups excluding carboxylic acids is 2. The van der Waals surface area contributed by atoms with Crippen LogP contribution in [0.25, 0.3) is 0 Å². The van der Waals surface area contributed by atoms with E-state index in [4.69, 9.17) is 10.5 Å². The van der Waals surface area contributed by atoms with Gasteiger partial charge in [0.1, 0.15) is 17.2 Å². The molecule has 4 rings (SSSR count). The molecule has 2 aromatic carbocycles. The van der Waals surface area contributed by atoms with Gasteiger partial charge in [0.05, 0.1) is 5.75 Å². The highest BCUT2D eigenvalue weighted by atomic mass is 35.5. The average Bonchev–Trinajstić information content (AvgIpc) is 2.72. The number of rotatable bonds is 4. The first-order valence-corrected chi connectivity index (χ1v) is 9.56. The molecule has 0 aromatic heterocycles. The van der Waals surface area contributed by atoms with Crippen LogP contribution in [0.2, 0.25) is 0 Å². The van der Waals surface area contributed by atoms with Crippen LogP contribution in [0.4, 0.5) is 0 Å². The van der Waals surface area contributed by atoms with E-state index in [0.717, 1.165) is 11.1 Å². The third kappa shape index (κ3) is 3.48. The molecule has 2 atom stereocenters. The second-order valence-corrected chi connectivity index (χ2v) is 7.44. The van der Waals surface area contributed by atoms with Crippen LogP contribution in [-0.2, 0) is 14.3 Å². The lowest BCUT2D eigenvalue weighted by molar-refractivity contribution is -0.153. The van der Waals surface area contributed by atoms with Gasteiger partial charge in [-0.1, -0.05) is 60.7 Å². The number of aliphatic hydroxyl groups is 1. The number of nitrogens with two attached hydrogens (primary N) is 1. The van der Waals surface area contributed by atoms with Crippen molar-refractivity contribution in [2.45, 2.75) is 17.5 Å². The molecule has 2 heterocycles. The minimum absolute atomic E-state index is 0. The molecule has 8 heteroatoms. The summed E-state index contributed by atoms with van der Waals surface area (Å²) in [5.74, 6) is -1.08. The standard InChI is InChI=1S/C20H18N2O4S.ClH/c21-15-18(24)22-16(14(23)11-27-19(15)22)20(25)26-17(12-7-3-1-4-8-12)13-9-5-2-6-10-13;/h1-10,15,17,19,23H,11,21H2;1H/t15?,19-;/m1./s1. The Morgan fingerprint density at radius 2 is 1.64 bits per heavy atom. The highest BCUT2D eigenvalue weighted by Crippen LogP contribution is 2.40. The van der Waals surface area contributed by atoms with Gasteiger partial charge >= 0.3 is 5.97 Å².